The minimum Gasteiger partial charge on any atom is -0.465 e. The zero-order chi connectivity index (χ0) is 14.8. The molecule has 0 aromatic carbocycles. The summed E-state index contributed by atoms with van der Waals surface area (Å²) in [6.45, 7) is 6.54. The quantitative estimate of drug-likeness (QED) is 0.452. The molecule has 0 radical (unpaired) electrons. The first-order chi connectivity index (χ1) is 9.42. The highest BCUT2D eigenvalue weighted by Crippen LogP contribution is 2.31. The van der Waals surface area contributed by atoms with Gasteiger partial charge in [0.2, 0.25) is 0 Å². The molecule has 0 aromatic rings. The van der Waals surface area contributed by atoms with Crippen molar-refractivity contribution >= 4 is 14.0 Å². The largest absolute Gasteiger partial charge is 0.465 e. The molecule has 0 bridgehead atoms. The number of ether oxygens (including phenoxy) is 1. The lowest BCUT2D eigenvalue weighted by Gasteiger charge is -2.04. The van der Waals surface area contributed by atoms with Gasteiger partial charge in [-0.3, -0.25) is 0 Å². The Hall–Kier alpha value is -2.05. The first-order valence-corrected chi connectivity index (χ1v) is 10.1. The highest BCUT2D eigenvalue weighted by atomic mass is 28.3. The summed E-state index contributed by atoms with van der Waals surface area (Å²) in [7, 11) is -0.0836. The van der Waals surface area contributed by atoms with E-state index in [9.17, 15) is 4.79 Å². The third-order valence-electron chi connectivity index (χ3n) is 2.87. The maximum absolute atomic E-state index is 12.1. The molecule has 0 N–H and O–H groups in total. The zero-order valence-electron chi connectivity index (χ0n) is 12.3. The summed E-state index contributed by atoms with van der Waals surface area (Å²) in [6.07, 6.45) is 0. The van der Waals surface area contributed by atoms with Crippen molar-refractivity contribution in [2.24, 2.45) is 0 Å². The van der Waals surface area contributed by atoms with Crippen LogP contribution in [0.4, 0.5) is 0 Å². The molecule has 102 valence electrons. The van der Waals surface area contributed by atoms with Gasteiger partial charge in [0.05, 0.1) is 12.7 Å². The van der Waals surface area contributed by atoms with E-state index in [1.165, 1.54) is 7.11 Å². The van der Waals surface area contributed by atoms with E-state index < -0.39 is 8.07 Å². The molecule has 0 heterocycles. The number of esters is 1. The van der Waals surface area contributed by atoms with Crippen LogP contribution in [-0.4, -0.2) is 21.2 Å². The molecule has 0 aromatic heterocycles. The van der Waals surface area contributed by atoms with Gasteiger partial charge in [0, 0.05) is 5.56 Å². The van der Waals surface area contributed by atoms with Crippen LogP contribution in [0.25, 0.3) is 11.1 Å². The van der Waals surface area contributed by atoms with E-state index >= 15 is 0 Å². The standard InChI is InChI=1S/C17H18O2Si/c1-19-17(18)16-14(10-11-20(2,3)4)12-13-8-6-5-7-9-15(13)16/h5-9,12H,1-4H3. The highest BCUT2D eigenvalue weighted by Gasteiger charge is 2.21. The number of rotatable bonds is 1. The number of hydrogen-bond acceptors (Lipinski definition) is 2. The summed E-state index contributed by atoms with van der Waals surface area (Å²) in [5, 5.41) is 0. The lowest BCUT2D eigenvalue weighted by molar-refractivity contribution is 0.0602. The molecular weight excluding hydrogens is 264 g/mol. The van der Waals surface area contributed by atoms with Crippen molar-refractivity contribution in [2.75, 3.05) is 7.11 Å². The average molecular weight is 282 g/mol. The van der Waals surface area contributed by atoms with Gasteiger partial charge in [0.25, 0.3) is 0 Å². The Bertz CT molecular complexity index is 672. The Morgan fingerprint density at radius 1 is 1.15 bits per heavy atom. The van der Waals surface area contributed by atoms with Gasteiger partial charge in [-0.15, -0.1) is 5.54 Å². The SMILES string of the molecule is COC(=O)c1c(C#C[Si](C)(C)C)cc2cccccc1-2. The summed E-state index contributed by atoms with van der Waals surface area (Å²) >= 11 is 0. The lowest BCUT2D eigenvalue weighted by atomic mass is 10.1. The molecule has 0 atom stereocenters. The number of carbonyl (C=O) groups is 1. The van der Waals surface area contributed by atoms with Crippen LogP contribution in [0.3, 0.4) is 0 Å². The van der Waals surface area contributed by atoms with Gasteiger partial charge in [-0.05, 0) is 17.2 Å². The number of carbonyl (C=O) groups excluding carboxylic acids is 1. The van der Waals surface area contributed by atoms with Crippen molar-refractivity contribution in [3.8, 4) is 22.6 Å². The third kappa shape index (κ3) is 3.09. The van der Waals surface area contributed by atoms with E-state index in [4.69, 9.17) is 4.74 Å². The van der Waals surface area contributed by atoms with Crippen LogP contribution in [0.5, 0.6) is 0 Å². The van der Waals surface area contributed by atoms with Gasteiger partial charge in [-0.2, -0.15) is 0 Å². The maximum atomic E-state index is 12.1. The fraction of sp³-hybridized carbons (Fsp3) is 0.235. The van der Waals surface area contributed by atoms with Crippen LogP contribution in [0.1, 0.15) is 15.9 Å². The Morgan fingerprint density at radius 3 is 2.50 bits per heavy atom. The molecule has 2 aliphatic rings. The Kier molecular flexibility index (Phi) is 3.96. The molecule has 2 rings (SSSR count). The topological polar surface area (TPSA) is 26.3 Å². The van der Waals surface area contributed by atoms with Crippen molar-refractivity contribution in [3.05, 3.63) is 47.5 Å². The summed E-state index contributed by atoms with van der Waals surface area (Å²) in [5.41, 5.74) is 6.55. The second-order valence-corrected chi connectivity index (χ2v) is 10.5. The van der Waals surface area contributed by atoms with Crippen LogP contribution in [0.2, 0.25) is 19.6 Å². The fourth-order valence-corrected chi connectivity index (χ4v) is 2.47. The zero-order valence-corrected chi connectivity index (χ0v) is 13.3. The summed E-state index contributed by atoms with van der Waals surface area (Å²) in [6, 6.07) is 11.7. The summed E-state index contributed by atoms with van der Waals surface area (Å²) in [5.74, 6) is 2.85. The first kappa shape index (κ1) is 14.4. The monoisotopic (exact) mass is 282 g/mol. The number of methoxy groups -OCH3 is 1. The minimum absolute atomic E-state index is 0.328. The first-order valence-electron chi connectivity index (χ1n) is 6.55. The smallest absolute Gasteiger partial charge is 0.339 e. The van der Waals surface area contributed by atoms with Crippen molar-refractivity contribution in [1.29, 1.82) is 0 Å². The molecule has 0 amide bonds. The number of hydrogen-bond donors (Lipinski definition) is 0. The summed E-state index contributed by atoms with van der Waals surface area (Å²) in [4.78, 5) is 12.1. The van der Waals surface area contributed by atoms with E-state index in [0.717, 1.165) is 16.7 Å². The normalized spacial score (nSPS) is 10.8. The van der Waals surface area contributed by atoms with Crippen molar-refractivity contribution in [2.45, 2.75) is 19.6 Å². The van der Waals surface area contributed by atoms with Gasteiger partial charge >= 0.3 is 5.97 Å². The average Bonchev–Trinajstić information content (AvgIpc) is 2.56. The molecule has 0 unspecified atom stereocenters. The predicted molar refractivity (Wildman–Crippen MR) is 84.6 cm³/mol. The van der Waals surface area contributed by atoms with Crippen LogP contribution < -0.4 is 0 Å². The lowest BCUT2D eigenvalue weighted by Crippen LogP contribution is -2.16. The van der Waals surface area contributed by atoms with Crippen LogP contribution in [0, 0.1) is 11.5 Å². The Morgan fingerprint density at radius 2 is 1.85 bits per heavy atom. The van der Waals surface area contributed by atoms with Crippen molar-refractivity contribution in [3.63, 3.8) is 0 Å². The van der Waals surface area contributed by atoms with Crippen molar-refractivity contribution < 1.29 is 9.53 Å². The van der Waals surface area contributed by atoms with Gasteiger partial charge in [0.15, 0.2) is 0 Å². The molecular formula is C17H18O2Si. The van der Waals surface area contributed by atoms with Crippen molar-refractivity contribution in [1.82, 2.24) is 0 Å². The molecule has 0 spiro atoms. The van der Waals surface area contributed by atoms with E-state index in [1.807, 2.05) is 36.4 Å². The van der Waals surface area contributed by atoms with Crippen LogP contribution >= 0.6 is 0 Å². The maximum Gasteiger partial charge on any atom is 0.339 e. The van der Waals surface area contributed by atoms with E-state index in [0.29, 0.717) is 5.56 Å². The molecule has 2 aliphatic carbocycles. The van der Waals surface area contributed by atoms with E-state index in [2.05, 4.69) is 31.1 Å². The van der Waals surface area contributed by atoms with Gasteiger partial charge in [-0.25, -0.2) is 4.79 Å². The van der Waals surface area contributed by atoms with Gasteiger partial charge < -0.3 is 4.74 Å². The molecule has 3 heteroatoms. The summed E-state index contributed by atoms with van der Waals surface area (Å²) < 4.78 is 4.91. The molecule has 2 nitrogen and oxygen atoms in total. The molecule has 0 aliphatic heterocycles. The van der Waals surface area contributed by atoms with Crippen LogP contribution in [0.15, 0.2) is 36.4 Å². The highest BCUT2D eigenvalue weighted by molar-refractivity contribution is 6.83. The molecule has 20 heavy (non-hydrogen) atoms. The van der Waals surface area contributed by atoms with Gasteiger partial charge in [-0.1, -0.05) is 55.9 Å². The molecule has 0 fully saturated rings. The second-order valence-electron chi connectivity index (χ2n) is 5.70. The molecule has 0 saturated carbocycles. The van der Waals surface area contributed by atoms with E-state index in [1.54, 1.807) is 0 Å². The van der Waals surface area contributed by atoms with Crippen LogP contribution in [-0.2, 0) is 4.74 Å². The second kappa shape index (κ2) is 5.52. The predicted octanol–water partition coefficient (Wildman–Crippen LogP) is 3.81. The fourth-order valence-electron chi connectivity index (χ4n) is 1.96. The minimum atomic E-state index is -1.49. The number of fused-ring (bicyclic) bond motifs is 1. The Labute approximate surface area is 121 Å². The van der Waals surface area contributed by atoms with E-state index in [-0.39, 0.29) is 5.97 Å². The third-order valence-corrected chi connectivity index (χ3v) is 3.75. The van der Waals surface area contributed by atoms with Gasteiger partial charge in [0.1, 0.15) is 8.07 Å². The Balaban J connectivity index is 2.66. The molecule has 0 saturated heterocycles.